The van der Waals surface area contributed by atoms with Crippen LogP contribution >= 0.6 is 0 Å². The number of ether oxygens (including phenoxy) is 2. The summed E-state index contributed by atoms with van der Waals surface area (Å²) in [5.41, 5.74) is 9.32. The fraction of sp³-hybridized carbons (Fsp3) is 0.294. The molecule has 2 N–H and O–H groups in total. The predicted molar refractivity (Wildman–Crippen MR) is 151 cm³/mol. The van der Waals surface area contributed by atoms with Gasteiger partial charge in [-0.15, -0.1) is 0 Å². The minimum atomic E-state index is -0.524. The van der Waals surface area contributed by atoms with Crippen LogP contribution in [-0.2, 0) is 24.7 Å². The molecule has 0 heterocycles. The molecule has 0 spiro atoms. The maximum Gasteiger partial charge on any atom is 0.122 e. The summed E-state index contributed by atoms with van der Waals surface area (Å²) < 4.78 is 11.8. The topological polar surface area (TPSA) is 58.9 Å². The third-order valence-corrected chi connectivity index (χ3v) is 7.67. The first-order chi connectivity index (χ1) is 18.7. The number of rotatable bonds is 10. The lowest BCUT2D eigenvalue weighted by Gasteiger charge is -2.43. The normalized spacial score (nSPS) is 13.5. The summed E-state index contributed by atoms with van der Waals surface area (Å²) in [7, 11) is 0. The minimum absolute atomic E-state index is 0.0138. The fourth-order valence-corrected chi connectivity index (χ4v) is 5.99. The Labute approximate surface area is 225 Å². The zero-order valence-corrected chi connectivity index (χ0v) is 22.2. The van der Waals surface area contributed by atoms with Crippen molar-refractivity contribution < 1.29 is 19.7 Å². The molecule has 4 nitrogen and oxygen atoms in total. The largest absolute Gasteiger partial charge is 0.491 e. The van der Waals surface area contributed by atoms with E-state index in [0.717, 1.165) is 41.9 Å². The molecule has 0 aromatic heterocycles. The summed E-state index contributed by atoms with van der Waals surface area (Å²) in [5, 5.41) is 18.7. The van der Waals surface area contributed by atoms with Crippen LogP contribution in [0, 0.1) is 0 Å². The molecule has 0 saturated heterocycles. The number of hydrogen-bond acceptors (Lipinski definition) is 4. The average molecular weight is 509 g/mol. The molecule has 4 heteroatoms. The van der Waals surface area contributed by atoms with Crippen molar-refractivity contribution >= 4 is 0 Å². The number of aliphatic hydroxyl groups excluding tert-OH is 2. The van der Waals surface area contributed by atoms with Gasteiger partial charge in [0.25, 0.3) is 0 Å². The molecule has 0 saturated carbocycles. The molecule has 0 bridgehead atoms. The number of aliphatic hydroxyl groups is 2. The highest BCUT2D eigenvalue weighted by molar-refractivity contribution is 5.68. The Balaban J connectivity index is 1.83. The van der Waals surface area contributed by atoms with E-state index in [4.69, 9.17) is 9.47 Å². The summed E-state index contributed by atoms with van der Waals surface area (Å²) >= 11 is 0. The quantitative estimate of drug-likeness (QED) is 0.249. The van der Waals surface area contributed by atoms with E-state index in [0.29, 0.717) is 0 Å². The second-order valence-corrected chi connectivity index (χ2v) is 9.74. The zero-order chi connectivity index (χ0) is 26.5. The summed E-state index contributed by atoms with van der Waals surface area (Å²) in [6.07, 6.45) is 2.54. The molecule has 0 fully saturated rings. The third kappa shape index (κ3) is 4.48. The molecule has 5 rings (SSSR count). The van der Waals surface area contributed by atoms with E-state index in [2.05, 4.69) is 98.8 Å². The molecule has 38 heavy (non-hydrogen) atoms. The zero-order valence-electron chi connectivity index (χ0n) is 22.2. The Morgan fingerprint density at radius 1 is 0.632 bits per heavy atom. The van der Waals surface area contributed by atoms with Gasteiger partial charge in [-0.3, -0.25) is 0 Å². The molecule has 1 aliphatic carbocycles. The van der Waals surface area contributed by atoms with Crippen LogP contribution in [0.3, 0.4) is 0 Å². The lowest BCUT2D eigenvalue weighted by Crippen LogP contribution is -2.36. The highest BCUT2D eigenvalue weighted by atomic mass is 16.5. The lowest BCUT2D eigenvalue weighted by atomic mass is 9.59. The summed E-state index contributed by atoms with van der Waals surface area (Å²) in [6.45, 7) is 4.81. The van der Waals surface area contributed by atoms with Gasteiger partial charge in [0.2, 0.25) is 0 Å². The maximum atomic E-state index is 9.33. The van der Waals surface area contributed by atoms with Crippen molar-refractivity contribution in [2.24, 2.45) is 0 Å². The first kappa shape index (κ1) is 26.0. The van der Waals surface area contributed by atoms with Crippen molar-refractivity contribution in [2.75, 3.05) is 26.4 Å². The van der Waals surface area contributed by atoms with Crippen LogP contribution in [0.15, 0.2) is 84.9 Å². The van der Waals surface area contributed by atoms with E-state index in [1.54, 1.807) is 0 Å². The maximum absolute atomic E-state index is 9.33. The van der Waals surface area contributed by atoms with Crippen LogP contribution in [-0.4, -0.2) is 36.6 Å². The van der Waals surface area contributed by atoms with Gasteiger partial charge in [-0.05, 0) is 75.9 Å². The smallest absolute Gasteiger partial charge is 0.122 e. The van der Waals surface area contributed by atoms with E-state index >= 15 is 0 Å². The summed E-state index contributed by atoms with van der Waals surface area (Å²) in [4.78, 5) is 0. The standard InChI is InChI=1S/C34H36O4/c1-3-24-22-28(13-15-32(24)37-19-17-35)34(29-14-16-33(38-20-18-36)25(4-2)23-29)30-11-7-5-9-26(30)21-27-10-6-8-12-31(27)34/h5-16,22-23,35-36H,3-4,17-21H2,1-2H3. The van der Waals surface area contributed by atoms with E-state index in [-0.39, 0.29) is 26.4 Å². The first-order valence-corrected chi connectivity index (χ1v) is 13.6. The molecule has 4 aromatic rings. The van der Waals surface area contributed by atoms with Gasteiger partial charge in [0.15, 0.2) is 0 Å². The Morgan fingerprint density at radius 2 is 1.08 bits per heavy atom. The van der Waals surface area contributed by atoms with E-state index in [1.165, 1.54) is 33.4 Å². The average Bonchev–Trinajstić information content (AvgIpc) is 2.97. The number of fused-ring (bicyclic) bond motifs is 2. The van der Waals surface area contributed by atoms with Gasteiger partial charge in [0, 0.05) is 0 Å². The number of hydrogen-bond donors (Lipinski definition) is 2. The highest BCUT2D eigenvalue weighted by Crippen LogP contribution is 2.52. The molecular formula is C34H36O4. The van der Waals surface area contributed by atoms with Gasteiger partial charge in [0.1, 0.15) is 24.7 Å². The first-order valence-electron chi connectivity index (χ1n) is 13.6. The number of benzene rings is 4. The van der Waals surface area contributed by atoms with E-state index < -0.39 is 5.41 Å². The molecule has 0 amide bonds. The van der Waals surface area contributed by atoms with Crippen LogP contribution < -0.4 is 9.47 Å². The second-order valence-electron chi connectivity index (χ2n) is 9.74. The molecule has 1 aliphatic rings. The van der Waals surface area contributed by atoms with Crippen LogP contribution in [0.5, 0.6) is 11.5 Å². The second kappa shape index (κ2) is 11.4. The van der Waals surface area contributed by atoms with Crippen molar-refractivity contribution in [3.8, 4) is 11.5 Å². The van der Waals surface area contributed by atoms with Crippen molar-refractivity contribution in [1.29, 1.82) is 0 Å². The van der Waals surface area contributed by atoms with Gasteiger partial charge in [-0.1, -0.05) is 86.6 Å². The fourth-order valence-electron chi connectivity index (χ4n) is 5.99. The Morgan fingerprint density at radius 3 is 1.50 bits per heavy atom. The molecular weight excluding hydrogens is 472 g/mol. The predicted octanol–water partition coefficient (Wildman–Crippen LogP) is 5.84. The van der Waals surface area contributed by atoms with Gasteiger partial charge >= 0.3 is 0 Å². The van der Waals surface area contributed by atoms with Crippen LogP contribution in [0.4, 0.5) is 0 Å². The van der Waals surface area contributed by atoms with Crippen LogP contribution in [0.25, 0.3) is 0 Å². The molecule has 4 aromatic carbocycles. The monoisotopic (exact) mass is 508 g/mol. The van der Waals surface area contributed by atoms with Gasteiger partial charge in [-0.2, -0.15) is 0 Å². The van der Waals surface area contributed by atoms with Crippen molar-refractivity contribution in [3.05, 3.63) is 129 Å². The van der Waals surface area contributed by atoms with Crippen molar-refractivity contribution in [1.82, 2.24) is 0 Å². The minimum Gasteiger partial charge on any atom is -0.491 e. The Hall–Kier alpha value is -3.60. The van der Waals surface area contributed by atoms with Gasteiger partial charge in [0.05, 0.1) is 18.6 Å². The Kier molecular flexibility index (Phi) is 7.82. The van der Waals surface area contributed by atoms with Crippen LogP contribution in [0.1, 0.15) is 58.4 Å². The summed E-state index contributed by atoms with van der Waals surface area (Å²) in [6, 6.07) is 30.6. The molecule has 0 radical (unpaired) electrons. The Bertz CT molecular complexity index is 1300. The van der Waals surface area contributed by atoms with E-state index in [1.807, 2.05) is 0 Å². The molecule has 0 aliphatic heterocycles. The number of aryl methyl sites for hydroxylation is 2. The lowest BCUT2D eigenvalue weighted by molar-refractivity contribution is 0.200. The van der Waals surface area contributed by atoms with Crippen molar-refractivity contribution in [2.45, 2.75) is 38.5 Å². The third-order valence-electron chi connectivity index (χ3n) is 7.67. The van der Waals surface area contributed by atoms with Gasteiger partial charge in [-0.25, -0.2) is 0 Å². The van der Waals surface area contributed by atoms with Gasteiger partial charge < -0.3 is 19.7 Å². The summed E-state index contributed by atoms with van der Waals surface area (Å²) in [5.74, 6) is 1.64. The van der Waals surface area contributed by atoms with Crippen LogP contribution in [0.2, 0.25) is 0 Å². The molecule has 0 unspecified atom stereocenters. The molecule has 196 valence electrons. The van der Waals surface area contributed by atoms with Crippen molar-refractivity contribution in [3.63, 3.8) is 0 Å². The highest BCUT2D eigenvalue weighted by Gasteiger charge is 2.44. The SMILES string of the molecule is CCc1cc(C2(c3ccc(OCCO)c(CC)c3)c3ccccc3Cc3ccccc32)ccc1OCCO. The van der Waals surface area contributed by atoms with E-state index in [9.17, 15) is 10.2 Å². The molecule has 0 atom stereocenters.